The molecule has 1 aromatic carbocycles. The van der Waals surface area contributed by atoms with Crippen LogP contribution in [0.3, 0.4) is 0 Å². The summed E-state index contributed by atoms with van der Waals surface area (Å²) in [5.41, 5.74) is 0.991. The van der Waals surface area contributed by atoms with Gasteiger partial charge in [0, 0.05) is 5.75 Å². The Bertz CT molecular complexity index is 557. The highest BCUT2D eigenvalue weighted by Crippen LogP contribution is 2.17. The van der Waals surface area contributed by atoms with Crippen molar-refractivity contribution in [2.24, 2.45) is 5.92 Å². The van der Waals surface area contributed by atoms with E-state index in [0.29, 0.717) is 17.5 Å². The molecule has 0 amide bonds. The van der Waals surface area contributed by atoms with E-state index in [9.17, 15) is 4.79 Å². The number of carbonyl (C=O) groups is 1. The second-order valence-corrected chi connectivity index (χ2v) is 5.50. The summed E-state index contributed by atoms with van der Waals surface area (Å²) in [6.07, 6.45) is 0. The predicted molar refractivity (Wildman–Crippen MR) is 77.2 cm³/mol. The number of nitrogens with zero attached hydrogens (tertiary/aromatic N) is 2. The van der Waals surface area contributed by atoms with Crippen LogP contribution < -0.4 is 0 Å². The zero-order chi connectivity index (χ0) is 14.4. The van der Waals surface area contributed by atoms with Crippen molar-refractivity contribution in [3.05, 3.63) is 41.7 Å². The van der Waals surface area contributed by atoms with Crippen molar-refractivity contribution in [3.8, 4) is 0 Å². The van der Waals surface area contributed by atoms with E-state index in [1.54, 1.807) is 0 Å². The van der Waals surface area contributed by atoms with Crippen LogP contribution in [0.5, 0.6) is 0 Å². The van der Waals surface area contributed by atoms with Crippen LogP contribution in [0, 0.1) is 12.8 Å². The average molecular weight is 291 g/mol. The van der Waals surface area contributed by atoms with E-state index in [-0.39, 0.29) is 11.9 Å². The molecule has 1 atom stereocenters. The maximum atomic E-state index is 11.9. The minimum absolute atomic E-state index is 0.192. The summed E-state index contributed by atoms with van der Waals surface area (Å²) in [5.74, 6) is 0.980. The van der Waals surface area contributed by atoms with Crippen LogP contribution in [0.2, 0.25) is 0 Å². The lowest BCUT2D eigenvalue weighted by Crippen LogP contribution is -2.16. The average Bonchev–Trinajstić information content (AvgIpc) is 2.89. The zero-order valence-corrected chi connectivity index (χ0v) is 12.3. The van der Waals surface area contributed by atoms with Crippen LogP contribution in [0.4, 0.5) is 0 Å². The molecule has 6 heteroatoms. The number of aryl methyl sites for hydroxylation is 1. The first kappa shape index (κ1) is 14.6. The van der Waals surface area contributed by atoms with E-state index < -0.39 is 0 Å². The normalized spacial score (nSPS) is 12.1. The molecule has 0 radical (unpaired) electrons. The number of benzene rings is 1. The van der Waals surface area contributed by atoms with Crippen LogP contribution in [0.25, 0.3) is 0 Å². The molecule has 0 bridgehead atoms. The monoisotopic (exact) mass is 291 g/mol. The first-order chi connectivity index (χ1) is 9.65. The van der Waals surface area contributed by atoms with Crippen molar-refractivity contribution in [3.63, 3.8) is 0 Å². The Kier molecular flexibility index (Phi) is 5.17. The van der Waals surface area contributed by atoms with Crippen LogP contribution in [0.1, 0.15) is 18.3 Å². The van der Waals surface area contributed by atoms with Crippen molar-refractivity contribution in [1.29, 1.82) is 0 Å². The van der Waals surface area contributed by atoms with Gasteiger partial charge in [0.2, 0.25) is 5.16 Å². The van der Waals surface area contributed by atoms with Crippen molar-refractivity contribution in [1.82, 2.24) is 15.2 Å². The molecule has 5 nitrogen and oxygen atoms in total. The van der Waals surface area contributed by atoms with Gasteiger partial charge in [0.15, 0.2) is 0 Å². The number of ether oxygens (including phenoxy) is 1. The van der Waals surface area contributed by atoms with Gasteiger partial charge in [-0.3, -0.25) is 9.89 Å². The fourth-order valence-electron chi connectivity index (χ4n) is 1.53. The summed E-state index contributed by atoms with van der Waals surface area (Å²) in [6.45, 7) is 4.00. The molecule has 20 heavy (non-hydrogen) atoms. The first-order valence-electron chi connectivity index (χ1n) is 6.37. The van der Waals surface area contributed by atoms with E-state index in [1.807, 2.05) is 44.2 Å². The number of H-pyrrole nitrogens is 1. The number of carbonyl (C=O) groups excluding carboxylic acids is 1. The Morgan fingerprint density at radius 2 is 2.15 bits per heavy atom. The van der Waals surface area contributed by atoms with Gasteiger partial charge in [-0.1, -0.05) is 49.0 Å². The summed E-state index contributed by atoms with van der Waals surface area (Å²) in [6, 6.07) is 9.65. The Labute approximate surface area is 122 Å². The standard InChI is InChI=1S/C14H17N3O2S/c1-10(9-20-14-15-11(2)16-17-14)13(18)19-8-12-6-4-3-5-7-12/h3-7,10H,8-9H2,1-2H3,(H,15,16,17). The number of aromatic amines is 1. The highest BCUT2D eigenvalue weighted by molar-refractivity contribution is 7.99. The molecular weight excluding hydrogens is 274 g/mol. The second kappa shape index (κ2) is 7.09. The second-order valence-electron chi connectivity index (χ2n) is 4.51. The summed E-state index contributed by atoms with van der Waals surface area (Å²) in [4.78, 5) is 16.0. The third-order valence-electron chi connectivity index (χ3n) is 2.67. The van der Waals surface area contributed by atoms with Gasteiger partial charge in [-0.05, 0) is 12.5 Å². The summed E-state index contributed by atoms with van der Waals surface area (Å²) in [5, 5.41) is 7.44. The molecule has 106 valence electrons. The fraction of sp³-hybridized carbons (Fsp3) is 0.357. The van der Waals surface area contributed by atoms with E-state index in [0.717, 1.165) is 11.4 Å². The summed E-state index contributed by atoms with van der Waals surface area (Å²) in [7, 11) is 0. The number of hydrogen-bond acceptors (Lipinski definition) is 5. The van der Waals surface area contributed by atoms with Crippen molar-refractivity contribution in [2.45, 2.75) is 25.6 Å². The molecule has 0 saturated heterocycles. The molecule has 0 aliphatic heterocycles. The summed E-state index contributed by atoms with van der Waals surface area (Å²) >= 11 is 1.45. The number of thioether (sulfide) groups is 1. The molecule has 1 aromatic heterocycles. The van der Waals surface area contributed by atoms with Crippen molar-refractivity contribution < 1.29 is 9.53 Å². The Hall–Kier alpha value is -1.82. The van der Waals surface area contributed by atoms with Gasteiger partial charge >= 0.3 is 5.97 Å². The van der Waals surface area contributed by atoms with Crippen LogP contribution in [0.15, 0.2) is 35.5 Å². The third kappa shape index (κ3) is 4.38. The third-order valence-corrected chi connectivity index (χ3v) is 3.77. The SMILES string of the molecule is Cc1nc(SCC(C)C(=O)OCc2ccccc2)n[nH]1. The minimum atomic E-state index is -0.200. The smallest absolute Gasteiger partial charge is 0.309 e. The molecule has 0 aliphatic rings. The van der Waals surface area contributed by atoms with Gasteiger partial charge in [0.05, 0.1) is 5.92 Å². The maximum Gasteiger partial charge on any atom is 0.309 e. The van der Waals surface area contributed by atoms with Gasteiger partial charge in [0.25, 0.3) is 0 Å². The van der Waals surface area contributed by atoms with Crippen molar-refractivity contribution >= 4 is 17.7 Å². The van der Waals surface area contributed by atoms with E-state index in [2.05, 4.69) is 15.2 Å². The van der Waals surface area contributed by atoms with Gasteiger partial charge in [0.1, 0.15) is 12.4 Å². The molecular formula is C14H17N3O2S. The molecule has 1 heterocycles. The lowest BCUT2D eigenvalue weighted by Gasteiger charge is -2.10. The van der Waals surface area contributed by atoms with Gasteiger partial charge in [-0.25, -0.2) is 4.98 Å². The maximum absolute atomic E-state index is 11.9. The highest BCUT2D eigenvalue weighted by Gasteiger charge is 2.16. The highest BCUT2D eigenvalue weighted by atomic mass is 32.2. The molecule has 0 spiro atoms. The molecule has 0 saturated carbocycles. The van der Waals surface area contributed by atoms with Gasteiger partial charge in [-0.2, -0.15) is 0 Å². The number of hydrogen-bond donors (Lipinski definition) is 1. The lowest BCUT2D eigenvalue weighted by atomic mass is 10.2. The number of nitrogens with one attached hydrogen (secondary N) is 1. The number of esters is 1. The van der Waals surface area contributed by atoms with Crippen LogP contribution in [-0.2, 0) is 16.1 Å². The summed E-state index contributed by atoms with van der Waals surface area (Å²) < 4.78 is 5.28. The van der Waals surface area contributed by atoms with Crippen molar-refractivity contribution in [2.75, 3.05) is 5.75 Å². The van der Waals surface area contributed by atoms with E-state index in [4.69, 9.17) is 4.74 Å². The topological polar surface area (TPSA) is 67.9 Å². The van der Waals surface area contributed by atoms with Gasteiger partial charge < -0.3 is 4.74 Å². The lowest BCUT2D eigenvalue weighted by molar-refractivity contribution is -0.148. The van der Waals surface area contributed by atoms with E-state index >= 15 is 0 Å². The first-order valence-corrected chi connectivity index (χ1v) is 7.36. The van der Waals surface area contributed by atoms with Crippen LogP contribution >= 0.6 is 11.8 Å². The molecule has 0 fully saturated rings. The largest absolute Gasteiger partial charge is 0.461 e. The molecule has 2 aromatic rings. The molecule has 0 aliphatic carbocycles. The van der Waals surface area contributed by atoms with E-state index in [1.165, 1.54) is 11.8 Å². The number of aromatic nitrogens is 3. The zero-order valence-electron chi connectivity index (χ0n) is 11.5. The Balaban J connectivity index is 1.74. The number of rotatable bonds is 6. The molecule has 2 rings (SSSR count). The molecule has 1 unspecified atom stereocenters. The quantitative estimate of drug-likeness (QED) is 0.654. The fourth-order valence-corrected chi connectivity index (χ4v) is 2.37. The Morgan fingerprint density at radius 1 is 1.40 bits per heavy atom. The Morgan fingerprint density at radius 3 is 2.80 bits per heavy atom. The van der Waals surface area contributed by atoms with Crippen LogP contribution in [-0.4, -0.2) is 26.9 Å². The minimum Gasteiger partial charge on any atom is -0.461 e. The molecule has 1 N–H and O–H groups in total. The van der Waals surface area contributed by atoms with Gasteiger partial charge in [-0.15, -0.1) is 5.10 Å². The predicted octanol–water partition coefficient (Wildman–Crippen LogP) is 2.58.